The normalized spacial score (nSPS) is 23.4. The second kappa shape index (κ2) is 5.95. The van der Waals surface area contributed by atoms with Gasteiger partial charge in [-0.15, -0.1) is 0 Å². The minimum absolute atomic E-state index is 0.0974. The van der Waals surface area contributed by atoms with E-state index in [1.165, 1.54) is 0 Å². The average Bonchev–Trinajstić information content (AvgIpc) is 2.21. The van der Waals surface area contributed by atoms with Crippen LogP contribution < -0.4 is 5.32 Å². The third-order valence-corrected chi connectivity index (χ3v) is 2.25. The number of carbonyl (C=O) groups excluding carboxylic acids is 1. The van der Waals surface area contributed by atoms with E-state index >= 15 is 0 Å². The number of hydrogen-bond donors (Lipinski definition) is 2. The second-order valence-corrected chi connectivity index (χ2v) is 3.26. The van der Waals surface area contributed by atoms with Crippen molar-refractivity contribution >= 4 is 5.97 Å². The SMILES string of the molecule is CCC(=O)OC1CNCCN1CCO. The maximum Gasteiger partial charge on any atom is 0.307 e. The molecule has 5 heteroatoms. The first-order chi connectivity index (χ1) is 6.77. The van der Waals surface area contributed by atoms with Gasteiger partial charge in [-0.05, 0) is 0 Å². The maximum atomic E-state index is 11.1. The molecule has 14 heavy (non-hydrogen) atoms. The fraction of sp³-hybridized carbons (Fsp3) is 0.889. The highest BCUT2D eigenvalue weighted by atomic mass is 16.6. The van der Waals surface area contributed by atoms with Gasteiger partial charge in [0.05, 0.1) is 6.61 Å². The molecule has 1 aliphatic rings. The van der Waals surface area contributed by atoms with E-state index in [1.54, 1.807) is 6.92 Å². The fourth-order valence-electron chi connectivity index (χ4n) is 1.46. The Labute approximate surface area is 84.0 Å². The number of esters is 1. The van der Waals surface area contributed by atoms with Crippen molar-refractivity contribution in [2.75, 3.05) is 32.8 Å². The lowest BCUT2D eigenvalue weighted by molar-refractivity contribution is -0.161. The molecule has 0 saturated carbocycles. The molecular weight excluding hydrogens is 184 g/mol. The lowest BCUT2D eigenvalue weighted by atomic mass is 10.3. The number of ether oxygens (including phenoxy) is 1. The van der Waals surface area contributed by atoms with E-state index in [0.29, 0.717) is 19.5 Å². The molecule has 1 unspecified atom stereocenters. The summed E-state index contributed by atoms with van der Waals surface area (Å²) in [4.78, 5) is 13.1. The molecule has 0 bridgehead atoms. The van der Waals surface area contributed by atoms with Crippen LogP contribution in [-0.2, 0) is 9.53 Å². The second-order valence-electron chi connectivity index (χ2n) is 3.26. The number of hydrogen-bond acceptors (Lipinski definition) is 5. The van der Waals surface area contributed by atoms with Crippen molar-refractivity contribution in [3.8, 4) is 0 Å². The van der Waals surface area contributed by atoms with Crippen molar-refractivity contribution in [1.29, 1.82) is 0 Å². The molecule has 0 aromatic rings. The molecule has 1 heterocycles. The number of nitrogens with zero attached hydrogens (tertiary/aromatic N) is 1. The van der Waals surface area contributed by atoms with Gasteiger partial charge in [0.25, 0.3) is 0 Å². The number of piperazine rings is 1. The van der Waals surface area contributed by atoms with Crippen LogP contribution in [0.1, 0.15) is 13.3 Å². The highest BCUT2D eigenvalue weighted by Gasteiger charge is 2.24. The van der Waals surface area contributed by atoms with Gasteiger partial charge in [0.15, 0.2) is 6.23 Å². The molecule has 0 amide bonds. The number of aliphatic hydroxyl groups excluding tert-OH is 1. The van der Waals surface area contributed by atoms with Crippen LogP contribution in [-0.4, -0.2) is 55.0 Å². The van der Waals surface area contributed by atoms with Crippen LogP contribution in [0.2, 0.25) is 0 Å². The summed E-state index contributed by atoms with van der Waals surface area (Å²) in [5.41, 5.74) is 0. The predicted molar refractivity (Wildman–Crippen MR) is 51.7 cm³/mol. The molecule has 5 nitrogen and oxygen atoms in total. The standard InChI is InChI=1S/C9H18N2O3/c1-2-9(13)14-8-7-10-3-4-11(8)5-6-12/h8,10,12H,2-7H2,1H3. The van der Waals surface area contributed by atoms with Crippen LogP contribution in [0.3, 0.4) is 0 Å². The Kier molecular flexibility index (Phi) is 4.86. The molecule has 0 radical (unpaired) electrons. The molecule has 1 atom stereocenters. The summed E-state index contributed by atoms with van der Waals surface area (Å²) in [5, 5.41) is 12.0. The van der Waals surface area contributed by atoms with Crippen LogP contribution >= 0.6 is 0 Å². The molecule has 0 aromatic carbocycles. The quantitative estimate of drug-likeness (QED) is 0.582. The third kappa shape index (κ3) is 3.25. The lowest BCUT2D eigenvalue weighted by Gasteiger charge is -2.34. The van der Waals surface area contributed by atoms with Crippen molar-refractivity contribution < 1.29 is 14.6 Å². The van der Waals surface area contributed by atoms with Crippen molar-refractivity contribution in [3.05, 3.63) is 0 Å². The first-order valence-electron chi connectivity index (χ1n) is 5.03. The van der Waals surface area contributed by atoms with Gasteiger partial charge in [0.1, 0.15) is 0 Å². The summed E-state index contributed by atoms with van der Waals surface area (Å²) < 4.78 is 5.22. The zero-order valence-corrected chi connectivity index (χ0v) is 8.53. The van der Waals surface area contributed by atoms with Gasteiger partial charge in [-0.1, -0.05) is 6.92 Å². The number of β-amino-alcohol motifs (C(OH)–C–C–N with tert-alkyl or cyclic N) is 1. The predicted octanol–water partition coefficient (Wildman–Crippen LogP) is -0.837. The first kappa shape index (κ1) is 11.4. The fourth-order valence-corrected chi connectivity index (χ4v) is 1.46. The summed E-state index contributed by atoms with van der Waals surface area (Å²) in [5.74, 6) is -0.193. The van der Waals surface area contributed by atoms with Gasteiger partial charge in [-0.3, -0.25) is 9.69 Å². The van der Waals surface area contributed by atoms with Crippen LogP contribution in [0.25, 0.3) is 0 Å². The van der Waals surface area contributed by atoms with Crippen molar-refractivity contribution in [2.24, 2.45) is 0 Å². The van der Waals surface area contributed by atoms with E-state index < -0.39 is 0 Å². The van der Waals surface area contributed by atoms with Crippen LogP contribution in [0.4, 0.5) is 0 Å². The number of carbonyl (C=O) groups is 1. The Morgan fingerprint density at radius 3 is 3.14 bits per heavy atom. The summed E-state index contributed by atoms with van der Waals surface area (Å²) in [6, 6.07) is 0. The van der Waals surface area contributed by atoms with Crippen LogP contribution in [0.5, 0.6) is 0 Å². The smallest absolute Gasteiger partial charge is 0.307 e. The van der Waals surface area contributed by atoms with Crippen molar-refractivity contribution in [3.63, 3.8) is 0 Å². The van der Waals surface area contributed by atoms with Crippen molar-refractivity contribution in [1.82, 2.24) is 10.2 Å². The monoisotopic (exact) mass is 202 g/mol. The average molecular weight is 202 g/mol. The zero-order chi connectivity index (χ0) is 10.4. The minimum Gasteiger partial charge on any atom is -0.445 e. The van der Waals surface area contributed by atoms with Gasteiger partial charge in [-0.2, -0.15) is 0 Å². The molecule has 0 spiro atoms. The van der Waals surface area contributed by atoms with Gasteiger partial charge >= 0.3 is 5.97 Å². The van der Waals surface area contributed by atoms with E-state index in [2.05, 4.69) is 5.32 Å². The molecule has 1 saturated heterocycles. The summed E-state index contributed by atoms with van der Waals surface area (Å²) >= 11 is 0. The number of rotatable bonds is 4. The number of nitrogens with one attached hydrogen (secondary N) is 1. The summed E-state index contributed by atoms with van der Waals surface area (Å²) in [6.07, 6.45) is 0.173. The van der Waals surface area contributed by atoms with Gasteiger partial charge in [0.2, 0.25) is 0 Å². The van der Waals surface area contributed by atoms with E-state index in [9.17, 15) is 4.79 Å². The van der Waals surface area contributed by atoms with Gasteiger partial charge in [-0.25, -0.2) is 0 Å². The Morgan fingerprint density at radius 1 is 1.71 bits per heavy atom. The molecule has 1 aliphatic heterocycles. The Hall–Kier alpha value is -0.650. The molecule has 1 fully saturated rings. The zero-order valence-electron chi connectivity index (χ0n) is 8.53. The molecule has 82 valence electrons. The highest BCUT2D eigenvalue weighted by molar-refractivity contribution is 5.69. The highest BCUT2D eigenvalue weighted by Crippen LogP contribution is 2.05. The van der Waals surface area contributed by atoms with Crippen molar-refractivity contribution in [2.45, 2.75) is 19.6 Å². The molecule has 0 aliphatic carbocycles. The summed E-state index contributed by atoms with van der Waals surface area (Å²) in [7, 11) is 0. The van der Waals surface area contributed by atoms with E-state index in [-0.39, 0.29) is 18.8 Å². The van der Waals surface area contributed by atoms with E-state index in [4.69, 9.17) is 9.84 Å². The van der Waals surface area contributed by atoms with E-state index in [0.717, 1.165) is 13.1 Å². The van der Waals surface area contributed by atoms with E-state index in [1.807, 2.05) is 4.90 Å². The lowest BCUT2D eigenvalue weighted by Crippen LogP contribution is -2.53. The Morgan fingerprint density at radius 2 is 2.50 bits per heavy atom. The van der Waals surface area contributed by atoms with Gasteiger partial charge < -0.3 is 15.2 Å². The molecule has 0 aromatic heterocycles. The molecule has 1 rings (SSSR count). The topological polar surface area (TPSA) is 61.8 Å². The van der Waals surface area contributed by atoms with Gasteiger partial charge in [0, 0.05) is 32.6 Å². The minimum atomic E-state index is -0.219. The Bertz CT molecular complexity index is 185. The molecular formula is C9H18N2O3. The van der Waals surface area contributed by atoms with Crippen LogP contribution in [0, 0.1) is 0 Å². The molecule has 2 N–H and O–H groups in total. The van der Waals surface area contributed by atoms with Crippen LogP contribution in [0.15, 0.2) is 0 Å². The summed E-state index contributed by atoms with van der Waals surface area (Å²) in [6.45, 7) is 4.76. The largest absolute Gasteiger partial charge is 0.445 e. The third-order valence-electron chi connectivity index (χ3n) is 2.25. The Balaban J connectivity index is 2.41. The number of aliphatic hydroxyl groups is 1. The maximum absolute atomic E-state index is 11.1. The first-order valence-corrected chi connectivity index (χ1v) is 5.03.